The van der Waals surface area contributed by atoms with Crippen LogP contribution in [0.5, 0.6) is 0 Å². The summed E-state index contributed by atoms with van der Waals surface area (Å²) in [7, 11) is 0. The number of hydrogen-bond donors (Lipinski definition) is 2. The van der Waals surface area contributed by atoms with Crippen LogP contribution in [0.2, 0.25) is 0 Å². The molecule has 0 spiro atoms. The first kappa shape index (κ1) is 14.1. The summed E-state index contributed by atoms with van der Waals surface area (Å²) in [6, 6.07) is 2.27. The zero-order valence-corrected chi connectivity index (χ0v) is 12.3. The largest absolute Gasteiger partial charge is 0.374 e. The molecule has 0 bridgehead atoms. The van der Waals surface area contributed by atoms with Crippen LogP contribution in [0.1, 0.15) is 25.6 Å². The van der Waals surface area contributed by atoms with Gasteiger partial charge in [-0.2, -0.15) is 0 Å². The third kappa shape index (κ3) is 5.41. The molecule has 0 aromatic carbocycles. The van der Waals surface area contributed by atoms with Gasteiger partial charge in [0.25, 0.3) is 0 Å². The minimum atomic E-state index is -0.120. The SMILES string of the molecule is CC(C)(C)OCC(Cc1cc(Br)cs1)NN. The van der Waals surface area contributed by atoms with Crippen LogP contribution in [0.4, 0.5) is 0 Å². The van der Waals surface area contributed by atoms with Crippen molar-refractivity contribution >= 4 is 27.3 Å². The van der Waals surface area contributed by atoms with E-state index in [4.69, 9.17) is 10.6 Å². The fourth-order valence-corrected chi connectivity index (χ4v) is 2.75. The standard InChI is InChI=1S/C11H19BrN2OS/c1-11(2,3)15-6-9(14-13)5-10-4-8(12)7-16-10/h4,7,9,14H,5-6,13H2,1-3H3. The fourth-order valence-electron chi connectivity index (χ4n) is 1.22. The Morgan fingerprint density at radius 3 is 2.69 bits per heavy atom. The molecule has 0 saturated heterocycles. The average Bonchev–Trinajstić information content (AvgIpc) is 2.57. The topological polar surface area (TPSA) is 47.3 Å². The van der Waals surface area contributed by atoms with E-state index in [1.807, 2.05) is 20.8 Å². The molecule has 1 rings (SSSR count). The number of hydrogen-bond acceptors (Lipinski definition) is 4. The van der Waals surface area contributed by atoms with Crippen molar-refractivity contribution in [3.05, 3.63) is 20.8 Å². The van der Waals surface area contributed by atoms with Crippen LogP contribution in [0.25, 0.3) is 0 Å². The highest BCUT2D eigenvalue weighted by molar-refractivity contribution is 9.10. The van der Waals surface area contributed by atoms with Gasteiger partial charge in [0.2, 0.25) is 0 Å². The van der Waals surface area contributed by atoms with E-state index in [-0.39, 0.29) is 11.6 Å². The Hall–Kier alpha value is 0.0600. The second-order valence-corrected chi connectivity index (χ2v) is 6.63. The predicted molar refractivity (Wildman–Crippen MR) is 72.5 cm³/mol. The summed E-state index contributed by atoms with van der Waals surface area (Å²) in [6.45, 7) is 6.75. The van der Waals surface area contributed by atoms with Gasteiger partial charge in [-0.1, -0.05) is 0 Å². The molecule has 0 radical (unpaired) electrons. The summed E-state index contributed by atoms with van der Waals surface area (Å²) in [4.78, 5) is 1.30. The molecular formula is C11H19BrN2OS. The van der Waals surface area contributed by atoms with Gasteiger partial charge in [0.05, 0.1) is 12.2 Å². The molecule has 0 aliphatic carbocycles. The molecule has 0 aliphatic rings. The van der Waals surface area contributed by atoms with Gasteiger partial charge in [-0.15, -0.1) is 11.3 Å². The van der Waals surface area contributed by atoms with Crippen LogP contribution in [0.15, 0.2) is 15.9 Å². The number of nitrogens with one attached hydrogen (secondary N) is 1. The molecule has 0 aliphatic heterocycles. The van der Waals surface area contributed by atoms with E-state index in [1.54, 1.807) is 11.3 Å². The second-order valence-electron chi connectivity index (χ2n) is 4.72. The number of halogens is 1. The first-order valence-electron chi connectivity index (χ1n) is 5.24. The van der Waals surface area contributed by atoms with Crippen LogP contribution in [-0.4, -0.2) is 18.2 Å². The highest BCUT2D eigenvalue weighted by Crippen LogP contribution is 2.21. The molecule has 1 aromatic rings. The number of ether oxygens (including phenoxy) is 1. The maximum absolute atomic E-state index is 5.71. The smallest absolute Gasteiger partial charge is 0.0643 e. The molecule has 1 atom stereocenters. The van der Waals surface area contributed by atoms with Gasteiger partial charge in [-0.05, 0) is 42.8 Å². The second kappa shape index (κ2) is 6.12. The third-order valence-corrected chi connectivity index (χ3v) is 3.74. The molecule has 1 aromatic heterocycles. The van der Waals surface area contributed by atoms with Gasteiger partial charge in [-0.25, -0.2) is 0 Å². The molecule has 0 fully saturated rings. The Labute approximate surface area is 109 Å². The van der Waals surface area contributed by atoms with Crippen molar-refractivity contribution < 1.29 is 4.74 Å². The molecule has 1 unspecified atom stereocenters. The normalized spacial score (nSPS) is 14.1. The van der Waals surface area contributed by atoms with Crippen molar-refractivity contribution in [3.63, 3.8) is 0 Å². The van der Waals surface area contributed by atoms with E-state index in [0.29, 0.717) is 6.61 Å². The van der Waals surface area contributed by atoms with Crippen molar-refractivity contribution in [2.24, 2.45) is 5.84 Å². The van der Waals surface area contributed by atoms with Crippen molar-refractivity contribution in [3.8, 4) is 0 Å². The summed E-state index contributed by atoms with van der Waals surface area (Å²) in [6.07, 6.45) is 0.892. The Kier molecular flexibility index (Phi) is 5.40. The quantitative estimate of drug-likeness (QED) is 0.649. The number of thiophene rings is 1. The van der Waals surface area contributed by atoms with Crippen LogP contribution in [0.3, 0.4) is 0 Å². The van der Waals surface area contributed by atoms with E-state index in [9.17, 15) is 0 Å². The molecule has 1 heterocycles. The maximum atomic E-state index is 5.71. The van der Waals surface area contributed by atoms with Gasteiger partial charge in [0.15, 0.2) is 0 Å². The Morgan fingerprint density at radius 1 is 1.56 bits per heavy atom. The van der Waals surface area contributed by atoms with Crippen molar-refractivity contribution in [1.82, 2.24) is 5.43 Å². The van der Waals surface area contributed by atoms with Gasteiger partial charge in [0, 0.05) is 27.2 Å². The molecule has 16 heavy (non-hydrogen) atoms. The molecule has 0 amide bonds. The van der Waals surface area contributed by atoms with Crippen molar-refractivity contribution in [2.75, 3.05) is 6.61 Å². The van der Waals surface area contributed by atoms with Gasteiger partial charge < -0.3 is 4.74 Å². The fraction of sp³-hybridized carbons (Fsp3) is 0.636. The van der Waals surface area contributed by atoms with Crippen molar-refractivity contribution in [1.29, 1.82) is 0 Å². The van der Waals surface area contributed by atoms with E-state index in [1.165, 1.54) is 4.88 Å². The third-order valence-electron chi connectivity index (χ3n) is 2.02. The summed E-state index contributed by atoms with van der Waals surface area (Å²) < 4.78 is 6.84. The molecule has 5 heteroatoms. The Morgan fingerprint density at radius 2 is 2.25 bits per heavy atom. The minimum Gasteiger partial charge on any atom is -0.374 e. The van der Waals surface area contributed by atoms with Gasteiger partial charge in [-0.3, -0.25) is 11.3 Å². The lowest BCUT2D eigenvalue weighted by atomic mass is 10.1. The summed E-state index contributed by atoms with van der Waals surface area (Å²) in [5.41, 5.74) is 2.68. The maximum Gasteiger partial charge on any atom is 0.0643 e. The lowest BCUT2D eigenvalue weighted by Crippen LogP contribution is -2.42. The van der Waals surface area contributed by atoms with Crippen LogP contribution >= 0.6 is 27.3 Å². The monoisotopic (exact) mass is 306 g/mol. The van der Waals surface area contributed by atoms with E-state index >= 15 is 0 Å². The highest BCUT2D eigenvalue weighted by atomic mass is 79.9. The average molecular weight is 307 g/mol. The summed E-state index contributed by atoms with van der Waals surface area (Å²) in [5.74, 6) is 5.52. The Bertz CT molecular complexity index is 322. The van der Waals surface area contributed by atoms with E-state index in [2.05, 4.69) is 32.8 Å². The zero-order valence-electron chi connectivity index (χ0n) is 9.92. The molecular weight excluding hydrogens is 288 g/mol. The molecule has 3 nitrogen and oxygen atoms in total. The van der Waals surface area contributed by atoms with Crippen LogP contribution in [-0.2, 0) is 11.2 Å². The van der Waals surface area contributed by atoms with Crippen LogP contribution in [0, 0.1) is 0 Å². The first-order chi connectivity index (χ1) is 7.40. The molecule has 0 saturated carbocycles. The predicted octanol–water partition coefficient (Wildman–Crippen LogP) is 2.70. The number of hydrazine groups is 1. The van der Waals surface area contributed by atoms with Crippen molar-refractivity contribution in [2.45, 2.75) is 38.8 Å². The summed E-state index contributed by atoms with van der Waals surface area (Å²) in [5, 5.41) is 2.08. The highest BCUT2D eigenvalue weighted by Gasteiger charge is 2.15. The van der Waals surface area contributed by atoms with Gasteiger partial charge in [0.1, 0.15) is 0 Å². The number of nitrogens with two attached hydrogens (primary N) is 1. The van der Waals surface area contributed by atoms with E-state index in [0.717, 1.165) is 10.9 Å². The minimum absolute atomic E-state index is 0.120. The lowest BCUT2D eigenvalue weighted by molar-refractivity contribution is -0.0142. The zero-order chi connectivity index (χ0) is 12.2. The van der Waals surface area contributed by atoms with Gasteiger partial charge >= 0.3 is 0 Å². The molecule has 3 N–H and O–H groups in total. The lowest BCUT2D eigenvalue weighted by Gasteiger charge is -2.23. The molecule has 92 valence electrons. The number of rotatable bonds is 5. The Balaban J connectivity index is 2.43. The first-order valence-corrected chi connectivity index (χ1v) is 6.91. The van der Waals surface area contributed by atoms with Crippen LogP contribution < -0.4 is 11.3 Å². The summed E-state index contributed by atoms with van der Waals surface area (Å²) >= 11 is 5.17. The van der Waals surface area contributed by atoms with E-state index < -0.39 is 0 Å².